The number of amides is 1. The van der Waals surface area contributed by atoms with Crippen LogP contribution in [-0.2, 0) is 0 Å². The quantitative estimate of drug-likeness (QED) is 0.841. The highest BCUT2D eigenvalue weighted by Gasteiger charge is 2.26. The van der Waals surface area contributed by atoms with Crippen LogP contribution in [0.2, 0.25) is 0 Å². The van der Waals surface area contributed by atoms with E-state index in [0.29, 0.717) is 30.0 Å². The molecule has 1 heterocycles. The second kappa shape index (κ2) is 5.59. The van der Waals surface area contributed by atoms with Crippen molar-refractivity contribution in [1.29, 1.82) is 0 Å². The lowest BCUT2D eigenvalue weighted by Crippen LogP contribution is -2.31. The van der Waals surface area contributed by atoms with Gasteiger partial charge in [-0.2, -0.15) is 0 Å². The molecule has 1 aromatic heterocycles. The van der Waals surface area contributed by atoms with Crippen LogP contribution in [0.1, 0.15) is 29.8 Å². The molecule has 0 radical (unpaired) electrons. The van der Waals surface area contributed by atoms with E-state index >= 15 is 0 Å². The van der Waals surface area contributed by atoms with E-state index in [4.69, 9.17) is 11.6 Å². The molecule has 0 spiro atoms. The smallest absolute Gasteiger partial charge is 0.272 e. The summed E-state index contributed by atoms with van der Waals surface area (Å²) >= 11 is 7.07. The Morgan fingerprint density at radius 1 is 1.56 bits per heavy atom. The minimum Gasteiger partial charge on any atom is -0.350 e. The fourth-order valence-electron chi connectivity index (χ4n) is 2.16. The van der Waals surface area contributed by atoms with Crippen LogP contribution in [-0.4, -0.2) is 27.9 Å². The van der Waals surface area contributed by atoms with Crippen molar-refractivity contribution >= 4 is 29.0 Å². The number of aromatic nitrogens is 2. The van der Waals surface area contributed by atoms with Crippen molar-refractivity contribution in [2.75, 3.05) is 12.4 Å². The van der Waals surface area contributed by atoms with Gasteiger partial charge in [0, 0.05) is 17.8 Å². The Balaban J connectivity index is 1.81. The van der Waals surface area contributed by atoms with Gasteiger partial charge in [0.1, 0.15) is 0 Å². The molecule has 1 saturated carbocycles. The van der Waals surface area contributed by atoms with Crippen LogP contribution >= 0.6 is 23.1 Å². The van der Waals surface area contributed by atoms with E-state index in [1.807, 2.05) is 0 Å². The van der Waals surface area contributed by atoms with Crippen molar-refractivity contribution < 1.29 is 4.79 Å². The number of nitrogens with one attached hydrogen (secondary N) is 1. The number of hydrogen-bond acceptors (Lipinski definition) is 4. The highest BCUT2D eigenvalue weighted by Crippen LogP contribution is 2.31. The Hall–Kier alpha value is -0.680. The number of alkyl halides is 1. The summed E-state index contributed by atoms with van der Waals surface area (Å²) in [6.07, 6.45) is 3.56. The van der Waals surface area contributed by atoms with Crippen molar-refractivity contribution in [3.63, 3.8) is 0 Å². The van der Waals surface area contributed by atoms with Crippen LogP contribution in [0.4, 0.5) is 0 Å². The summed E-state index contributed by atoms with van der Waals surface area (Å²) in [6, 6.07) is 0. The molecule has 2 atom stereocenters. The molecule has 16 heavy (non-hydrogen) atoms. The van der Waals surface area contributed by atoms with Gasteiger partial charge in [-0.1, -0.05) is 10.9 Å². The zero-order valence-electron chi connectivity index (χ0n) is 8.86. The first-order chi connectivity index (χ1) is 7.81. The predicted octanol–water partition coefficient (Wildman–Crippen LogP) is 1.92. The van der Waals surface area contributed by atoms with Crippen LogP contribution < -0.4 is 5.32 Å². The molecule has 1 aliphatic carbocycles. The number of halogens is 1. The molecule has 6 heteroatoms. The third-order valence-corrected chi connectivity index (χ3v) is 4.03. The lowest BCUT2D eigenvalue weighted by molar-refractivity contribution is 0.0939. The Kier molecular flexibility index (Phi) is 4.12. The van der Waals surface area contributed by atoms with Crippen molar-refractivity contribution in [2.45, 2.75) is 19.3 Å². The highest BCUT2D eigenvalue weighted by atomic mass is 35.5. The summed E-state index contributed by atoms with van der Waals surface area (Å²) in [7, 11) is 0. The third kappa shape index (κ3) is 2.71. The van der Waals surface area contributed by atoms with Crippen molar-refractivity contribution in [1.82, 2.24) is 14.9 Å². The number of rotatable bonds is 4. The molecule has 1 fully saturated rings. The third-order valence-electron chi connectivity index (χ3n) is 3.13. The van der Waals surface area contributed by atoms with Crippen LogP contribution in [0.25, 0.3) is 0 Å². The lowest BCUT2D eigenvalue weighted by atomic mass is 9.98. The average molecular weight is 260 g/mol. The van der Waals surface area contributed by atoms with Gasteiger partial charge >= 0.3 is 0 Å². The summed E-state index contributed by atoms with van der Waals surface area (Å²) < 4.78 is 3.66. The van der Waals surface area contributed by atoms with Gasteiger partial charge in [0.05, 0.1) is 0 Å². The Labute approximate surface area is 104 Å². The minimum atomic E-state index is -0.131. The molecular formula is C10H14ClN3OS. The molecule has 4 nitrogen and oxygen atoms in total. The van der Waals surface area contributed by atoms with Gasteiger partial charge in [-0.05, 0) is 36.2 Å². The van der Waals surface area contributed by atoms with Crippen LogP contribution in [0.15, 0.2) is 5.38 Å². The summed E-state index contributed by atoms with van der Waals surface area (Å²) in [4.78, 5) is 11.6. The van der Waals surface area contributed by atoms with E-state index in [1.54, 1.807) is 5.38 Å². The molecule has 88 valence electrons. The fraction of sp³-hybridized carbons (Fsp3) is 0.700. The van der Waals surface area contributed by atoms with Gasteiger partial charge in [0.2, 0.25) is 0 Å². The molecule has 1 aliphatic rings. The van der Waals surface area contributed by atoms with Gasteiger partial charge in [-0.15, -0.1) is 16.7 Å². The van der Waals surface area contributed by atoms with E-state index in [9.17, 15) is 4.79 Å². The standard InChI is InChI=1S/C10H14ClN3OS/c11-4-7-2-1-3-8(7)5-12-10(15)9-6-16-14-13-9/h6-8H,1-5H2,(H,12,15). The summed E-state index contributed by atoms with van der Waals surface area (Å²) in [5.74, 6) is 1.64. The highest BCUT2D eigenvalue weighted by molar-refractivity contribution is 7.03. The van der Waals surface area contributed by atoms with E-state index < -0.39 is 0 Å². The number of hydrogen-bond donors (Lipinski definition) is 1. The molecule has 1 N–H and O–H groups in total. The molecular weight excluding hydrogens is 246 g/mol. The van der Waals surface area contributed by atoms with Crippen molar-refractivity contribution in [3.8, 4) is 0 Å². The molecule has 2 unspecified atom stereocenters. The van der Waals surface area contributed by atoms with Gasteiger partial charge in [0.25, 0.3) is 5.91 Å². The number of nitrogens with zero attached hydrogens (tertiary/aromatic N) is 2. The van der Waals surface area contributed by atoms with Gasteiger partial charge in [0.15, 0.2) is 5.69 Å². The first-order valence-corrected chi connectivity index (χ1v) is 6.79. The molecule has 0 aromatic carbocycles. The number of carbonyl (C=O) groups excluding carboxylic acids is 1. The first-order valence-electron chi connectivity index (χ1n) is 5.42. The Bertz CT molecular complexity index is 344. The monoisotopic (exact) mass is 259 g/mol. The second-order valence-corrected chi connectivity index (χ2v) is 5.02. The summed E-state index contributed by atoms with van der Waals surface area (Å²) in [5.41, 5.74) is 0.408. The zero-order chi connectivity index (χ0) is 11.4. The van der Waals surface area contributed by atoms with E-state index in [2.05, 4.69) is 14.9 Å². The SMILES string of the molecule is O=C(NCC1CCCC1CCl)c1csnn1. The summed E-state index contributed by atoms with van der Waals surface area (Å²) in [6.45, 7) is 0.702. The predicted molar refractivity (Wildman–Crippen MR) is 63.8 cm³/mol. The van der Waals surface area contributed by atoms with Gasteiger partial charge in [-0.3, -0.25) is 4.79 Å². The molecule has 2 rings (SSSR count). The lowest BCUT2D eigenvalue weighted by Gasteiger charge is -2.16. The number of carbonyl (C=O) groups is 1. The Morgan fingerprint density at radius 2 is 2.38 bits per heavy atom. The van der Waals surface area contributed by atoms with Gasteiger partial charge in [-0.25, -0.2) is 0 Å². The maximum Gasteiger partial charge on any atom is 0.272 e. The largest absolute Gasteiger partial charge is 0.350 e. The van der Waals surface area contributed by atoms with Gasteiger partial charge < -0.3 is 5.32 Å². The Morgan fingerprint density at radius 3 is 3.06 bits per heavy atom. The molecule has 0 saturated heterocycles. The zero-order valence-corrected chi connectivity index (χ0v) is 10.4. The molecule has 1 aromatic rings. The molecule has 1 amide bonds. The first kappa shape index (κ1) is 11.8. The normalized spacial score (nSPS) is 24.6. The van der Waals surface area contributed by atoms with Crippen molar-refractivity contribution in [2.24, 2.45) is 11.8 Å². The van der Waals surface area contributed by atoms with E-state index in [0.717, 1.165) is 6.42 Å². The van der Waals surface area contributed by atoms with Crippen LogP contribution in [0, 0.1) is 11.8 Å². The maximum absolute atomic E-state index is 11.6. The van der Waals surface area contributed by atoms with Crippen LogP contribution in [0.5, 0.6) is 0 Å². The maximum atomic E-state index is 11.6. The fourth-order valence-corrected chi connectivity index (χ4v) is 3.01. The van der Waals surface area contributed by atoms with E-state index in [-0.39, 0.29) is 5.91 Å². The molecule has 0 aliphatic heterocycles. The summed E-state index contributed by atoms with van der Waals surface area (Å²) in [5, 5.41) is 8.28. The van der Waals surface area contributed by atoms with Crippen LogP contribution in [0.3, 0.4) is 0 Å². The topological polar surface area (TPSA) is 54.9 Å². The van der Waals surface area contributed by atoms with Crippen molar-refractivity contribution in [3.05, 3.63) is 11.1 Å². The molecule has 0 bridgehead atoms. The second-order valence-electron chi connectivity index (χ2n) is 4.11. The minimum absolute atomic E-state index is 0.131. The average Bonchev–Trinajstić information content (AvgIpc) is 2.96. The van der Waals surface area contributed by atoms with E-state index in [1.165, 1.54) is 24.4 Å².